The van der Waals surface area contributed by atoms with Crippen LogP contribution in [0.4, 0.5) is 0 Å². The van der Waals surface area contributed by atoms with Gasteiger partial charge in [0.15, 0.2) is 0 Å². The van der Waals surface area contributed by atoms with Gasteiger partial charge in [-0.2, -0.15) is 0 Å². The minimum atomic E-state index is -0.386. The Morgan fingerprint density at radius 3 is 2.94 bits per heavy atom. The van der Waals surface area contributed by atoms with Gasteiger partial charge in [-0.1, -0.05) is 0 Å². The molecule has 0 radical (unpaired) electrons. The molecule has 2 saturated heterocycles. The number of nitrogens with one attached hydrogen (secondary N) is 1. The van der Waals surface area contributed by atoms with Crippen LogP contribution in [0.1, 0.15) is 25.7 Å². The van der Waals surface area contributed by atoms with Crippen LogP contribution in [-0.2, 0) is 9.53 Å². The number of aliphatic hydroxyl groups is 1. The van der Waals surface area contributed by atoms with Gasteiger partial charge in [0.1, 0.15) is 0 Å². The van der Waals surface area contributed by atoms with Crippen LogP contribution in [0, 0.1) is 0 Å². The highest BCUT2D eigenvalue weighted by atomic mass is 16.5. The van der Waals surface area contributed by atoms with E-state index in [1.807, 2.05) is 7.05 Å². The van der Waals surface area contributed by atoms with Gasteiger partial charge in [-0.15, -0.1) is 0 Å². The van der Waals surface area contributed by atoms with Gasteiger partial charge in [0, 0.05) is 26.7 Å². The van der Waals surface area contributed by atoms with Crippen LogP contribution in [0.25, 0.3) is 0 Å². The van der Waals surface area contributed by atoms with Gasteiger partial charge in [0.25, 0.3) is 0 Å². The summed E-state index contributed by atoms with van der Waals surface area (Å²) in [5.74, 6) is 0.0655. The van der Waals surface area contributed by atoms with Crippen molar-refractivity contribution in [2.24, 2.45) is 0 Å². The minimum Gasteiger partial charge on any atom is -0.392 e. The second-order valence-electron chi connectivity index (χ2n) is 5.06. The fourth-order valence-electron chi connectivity index (χ4n) is 2.52. The molecule has 0 bridgehead atoms. The average Bonchev–Trinajstić information content (AvgIpc) is 2.76. The van der Waals surface area contributed by atoms with Gasteiger partial charge in [0.2, 0.25) is 5.91 Å². The minimum absolute atomic E-state index is 0.0655. The molecule has 0 saturated carbocycles. The summed E-state index contributed by atoms with van der Waals surface area (Å²) in [6.07, 6.45) is 3.68. The first-order chi connectivity index (χ1) is 8.16. The number of amides is 1. The van der Waals surface area contributed by atoms with Crippen molar-refractivity contribution in [3.63, 3.8) is 0 Å². The zero-order valence-corrected chi connectivity index (χ0v) is 10.4. The normalized spacial score (nSPS) is 33.6. The number of carbonyl (C=O) groups is 1. The van der Waals surface area contributed by atoms with Crippen LogP contribution in [0.3, 0.4) is 0 Å². The molecule has 0 aromatic heterocycles. The predicted molar refractivity (Wildman–Crippen MR) is 63.6 cm³/mol. The first-order valence-corrected chi connectivity index (χ1v) is 6.45. The maximum Gasteiger partial charge on any atom is 0.239 e. The zero-order valence-electron chi connectivity index (χ0n) is 10.4. The Balaban J connectivity index is 1.78. The van der Waals surface area contributed by atoms with E-state index in [0.29, 0.717) is 19.5 Å². The number of hydrogen-bond acceptors (Lipinski definition) is 4. The second-order valence-corrected chi connectivity index (χ2v) is 5.06. The monoisotopic (exact) mass is 242 g/mol. The van der Waals surface area contributed by atoms with Gasteiger partial charge >= 0.3 is 0 Å². The van der Waals surface area contributed by atoms with Gasteiger partial charge in [0.05, 0.1) is 18.2 Å². The van der Waals surface area contributed by atoms with Crippen molar-refractivity contribution in [3.05, 3.63) is 0 Å². The Kier molecular flexibility index (Phi) is 4.36. The van der Waals surface area contributed by atoms with E-state index >= 15 is 0 Å². The highest BCUT2D eigenvalue weighted by Crippen LogP contribution is 2.15. The van der Waals surface area contributed by atoms with Crippen LogP contribution in [0.5, 0.6) is 0 Å². The van der Waals surface area contributed by atoms with E-state index in [9.17, 15) is 9.90 Å². The van der Waals surface area contributed by atoms with Crippen LogP contribution in [-0.4, -0.2) is 60.9 Å². The molecule has 98 valence electrons. The largest absolute Gasteiger partial charge is 0.392 e. The molecule has 2 rings (SSSR count). The third kappa shape index (κ3) is 3.40. The van der Waals surface area contributed by atoms with Crippen molar-refractivity contribution in [2.45, 2.75) is 43.9 Å². The lowest BCUT2D eigenvalue weighted by Gasteiger charge is -2.28. The van der Waals surface area contributed by atoms with E-state index in [2.05, 4.69) is 5.32 Å². The van der Waals surface area contributed by atoms with Gasteiger partial charge < -0.3 is 20.1 Å². The summed E-state index contributed by atoms with van der Waals surface area (Å²) < 4.78 is 5.62. The lowest BCUT2D eigenvalue weighted by molar-refractivity contribution is -0.134. The summed E-state index contributed by atoms with van der Waals surface area (Å²) in [4.78, 5) is 13.8. The summed E-state index contributed by atoms with van der Waals surface area (Å²) in [6, 6.07) is -0.224. The van der Waals surface area contributed by atoms with E-state index in [1.165, 1.54) is 6.42 Å². The molecule has 2 fully saturated rings. The molecule has 5 heteroatoms. The molecule has 0 spiro atoms. The number of nitrogens with zero attached hydrogens (tertiary/aromatic N) is 1. The Morgan fingerprint density at radius 2 is 2.35 bits per heavy atom. The van der Waals surface area contributed by atoms with E-state index < -0.39 is 0 Å². The van der Waals surface area contributed by atoms with Crippen molar-refractivity contribution >= 4 is 5.91 Å². The zero-order chi connectivity index (χ0) is 12.3. The van der Waals surface area contributed by atoms with Crippen LogP contribution >= 0.6 is 0 Å². The molecule has 0 aromatic carbocycles. The summed E-state index contributed by atoms with van der Waals surface area (Å²) in [5, 5.41) is 12.4. The number of hydrogen-bond donors (Lipinski definition) is 2. The highest BCUT2D eigenvalue weighted by Gasteiger charge is 2.31. The molecular formula is C12H22N2O3. The van der Waals surface area contributed by atoms with Crippen LogP contribution in [0.15, 0.2) is 0 Å². The molecule has 2 aliphatic heterocycles. The lowest BCUT2D eigenvalue weighted by Crippen LogP contribution is -2.45. The smallest absolute Gasteiger partial charge is 0.239 e. The summed E-state index contributed by atoms with van der Waals surface area (Å²) >= 11 is 0. The van der Waals surface area contributed by atoms with Gasteiger partial charge in [-0.05, 0) is 25.7 Å². The predicted octanol–water partition coefficient (Wildman–Crippen LogP) is -0.263. The quantitative estimate of drug-likeness (QED) is 0.715. The molecule has 2 N–H and O–H groups in total. The average molecular weight is 242 g/mol. The summed E-state index contributed by atoms with van der Waals surface area (Å²) in [5.41, 5.74) is 0. The van der Waals surface area contributed by atoms with E-state index in [0.717, 1.165) is 19.4 Å². The lowest BCUT2D eigenvalue weighted by atomic mass is 10.1. The van der Waals surface area contributed by atoms with Crippen molar-refractivity contribution in [2.75, 3.05) is 26.7 Å². The van der Waals surface area contributed by atoms with Crippen LogP contribution < -0.4 is 5.32 Å². The Bertz CT molecular complexity index is 266. The number of carbonyl (C=O) groups excluding carboxylic acids is 1. The topological polar surface area (TPSA) is 61.8 Å². The van der Waals surface area contributed by atoms with E-state index in [4.69, 9.17) is 4.74 Å². The SMILES string of the molecule is CN(CC1CCCCO1)C(=O)C1CC(O)CN1. The number of rotatable bonds is 3. The number of ether oxygens (including phenoxy) is 1. The molecule has 1 amide bonds. The fourth-order valence-corrected chi connectivity index (χ4v) is 2.52. The molecule has 3 unspecified atom stereocenters. The third-order valence-electron chi connectivity index (χ3n) is 3.53. The first kappa shape index (κ1) is 12.8. The van der Waals surface area contributed by atoms with E-state index in [1.54, 1.807) is 4.90 Å². The maximum absolute atomic E-state index is 12.1. The second kappa shape index (κ2) is 5.80. The molecule has 2 heterocycles. The summed E-state index contributed by atoms with van der Waals surface area (Å²) in [7, 11) is 1.81. The third-order valence-corrected chi connectivity index (χ3v) is 3.53. The number of β-amino-alcohol motifs (C(OH)–C–C–N with tert-alkyl or cyclic N) is 1. The molecular weight excluding hydrogens is 220 g/mol. The van der Waals surface area contributed by atoms with Crippen LogP contribution in [0.2, 0.25) is 0 Å². The molecule has 0 aliphatic carbocycles. The fraction of sp³-hybridized carbons (Fsp3) is 0.917. The Hall–Kier alpha value is -0.650. The Morgan fingerprint density at radius 1 is 1.53 bits per heavy atom. The molecule has 3 atom stereocenters. The molecule has 0 aromatic rings. The Labute approximate surface area is 102 Å². The summed E-state index contributed by atoms with van der Waals surface area (Å²) in [6.45, 7) is 1.99. The van der Waals surface area contributed by atoms with E-state index in [-0.39, 0.29) is 24.2 Å². The first-order valence-electron chi connectivity index (χ1n) is 6.45. The highest BCUT2D eigenvalue weighted by molar-refractivity contribution is 5.82. The van der Waals surface area contributed by atoms with Crippen molar-refractivity contribution in [1.29, 1.82) is 0 Å². The van der Waals surface area contributed by atoms with Crippen molar-refractivity contribution in [3.8, 4) is 0 Å². The number of likely N-dealkylation sites (N-methyl/N-ethyl adjacent to an activating group) is 1. The van der Waals surface area contributed by atoms with Crippen molar-refractivity contribution < 1.29 is 14.6 Å². The molecule has 17 heavy (non-hydrogen) atoms. The van der Waals surface area contributed by atoms with Crippen molar-refractivity contribution in [1.82, 2.24) is 10.2 Å². The maximum atomic E-state index is 12.1. The standard InChI is InChI=1S/C12H22N2O3/c1-14(8-10-4-2-3-5-17-10)12(16)11-6-9(15)7-13-11/h9-11,13,15H,2-8H2,1H3. The molecule has 5 nitrogen and oxygen atoms in total. The molecule has 2 aliphatic rings. The van der Waals surface area contributed by atoms with Gasteiger partial charge in [-0.3, -0.25) is 4.79 Å². The number of aliphatic hydroxyl groups excluding tert-OH is 1. The van der Waals surface area contributed by atoms with Gasteiger partial charge in [-0.25, -0.2) is 0 Å².